The van der Waals surface area contributed by atoms with Gasteiger partial charge in [-0.15, -0.1) is 0 Å². The number of amides is 2. The zero-order valence-electron chi connectivity index (χ0n) is 19.9. The van der Waals surface area contributed by atoms with Crippen molar-refractivity contribution >= 4 is 50.7 Å². The van der Waals surface area contributed by atoms with E-state index in [4.69, 9.17) is 23.2 Å². The lowest BCUT2D eigenvalue weighted by atomic mass is 10.1. The Morgan fingerprint density at radius 3 is 2.20 bits per heavy atom. The summed E-state index contributed by atoms with van der Waals surface area (Å²) < 4.78 is 52.8. The van der Waals surface area contributed by atoms with E-state index < -0.39 is 51.6 Å². The summed E-state index contributed by atoms with van der Waals surface area (Å²) in [5.74, 6) is -3.68. The largest absolute Gasteiger partial charge is 0.350 e. The molecule has 0 fully saturated rings. The number of hydrogen-bond donors (Lipinski definition) is 1. The van der Waals surface area contributed by atoms with Crippen LogP contribution >= 0.6 is 23.2 Å². The van der Waals surface area contributed by atoms with Gasteiger partial charge in [-0.05, 0) is 57.5 Å². The van der Waals surface area contributed by atoms with E-state index in [9.17, 15) is 26.8 Å². The monoisotopic (exact) mass is 549 g/mol. The van der Waals surface area contributed by atoms with Crippen molar-refractivity contribution in [3.05, 3.63) is 63.6 Å². The van der Waals surface area contributed by atoms with Crippen molar-refractivity contribution < 1.29 is 26.8 Å². The Balaban J connectivity index is 2.46. The second-order valence-corrected chi connectivity index (χ2v) is 11.8. The molecule has 2 aromatic rings. The van der Waals surface area contributed by atoms with Crippen LogP contribution in [0.1, 0.15) is 33.3 Å². The fraction of sp³-hybridized carbons (Fsp3) is 0.391. The van der Waals surface area contributed by atoms with Crippen LogP contribution in [-0.4, -0.2) is 49.5 Å². The van der Waals surface area contributed by atoms with E-state index in [1.165, 1.54) is 13.0 Å². The summed E-state index contributed by atoms with van der Waals surface area (Å²) in [6.45, 7) is 5.91. The number of hydrogen-bond acceptors (Lipinski definition) is 4. The number of anilines is 1. The Hall–Kier alpha value is -2.43. The smallest absolute Gasteiger partial charge is 0.244 e. The van der Waals surface area contributed by atoms with Crippen LogP contribution in [-0.2, 0) is 26.2 Å². The highest BCUT2D eigenvalue weighted by Gasteiger charge is 2.32. The SMILES string of the molecule is C[C@H](C(=O)NC(C)(C)C)N(Cc1ccc(Cl)cc1Cl)C(=O)CN(c1ccc(F)c(F)c1)S(C)(=O)=O. The summed E-state index contributed by atoms with van der Waals surface area (Å²) in [4.78, 5) is 27.5. The third-order valence-corrected chi connectivity index (χ3v) is 6.62. The lowest BCUT2D eigenvalue weighted by molar-refractivity contribution is -0.140. The summed E-state index contributed by atoms with van der Waals surface area (Å²) in [6.07, 6.45) is 0.831. The van der Waals surface area contributed by atoms with Gasteiger partial charge < -0.3 is 10.2 Å². The molecule has 1 N–H and O–H groups in total. The van der Waals surface area contributed by atoms with Crippen LogP contribution in [0.5, 0.6) is 0 Å². The fourth-order valence-electron chi connectivity index (χ4n) is 3.14. The molecule has 12 heteroatoms. The molecule has 0 aromatic heterocycles. The van der Waals surface area contributed by atoms with Crippen LogP contribution in [0.3, 0.4) is 0 Å². The molecule has 192 valence electrons. The average molecular weight is 550 g/mol. The van der Waals surface area contributed by atoms with Gasteiger partial charge in [-0.25, -0.2) is 17.2 Å². The molecule has 0 aliphatic carbocycles. The Bertz CT molecular complexity index is 1220. The number of rotatable bonds is 8. The molecule has 0 spiro atoms. The molecule has 0 aliphatic heterocycles. The highest BCUT2D eigenvalue weighted by atomic mass is 35.5. The zero-order valence-corrected chi connectivity index (χ0v) is 22.2. The molecule has 7 nitrogen and oxygen atoms in total. The molecule has 1 atom stereocenters. The molecule has 2 rings (SSSR count). The Labute approximate surface area is 214 Å². The van der Waals surface area contributed by atoms with Crippen molar-refractivity contribution in [1.82, 2.24) is 10.2 Å². The van der Waals surface area contributed by atoms with Gasteiger partial charge in [0.1, 0.15) is 12.6 Å². The summed E-state index contributed by atoms with van der Waals surface area (Å²) in [5, 5.41) is 3.40. The van der Waals surface area contributed by atoms with E-state index in [1.54, 1.807) is 32.9 Å². The molecular weight excluding hydrogens is 523 g/mol. The van der Waals surface area contributed by atoms with Crippen molar-refractivity contribution in [2.24, 2.45) is 0 Å². The first-order valence-electron chi connectivity index (χ1n) is 10.5. The number of nitrogens with zero attached hydrogens (tertiary/aromatic N) is 2. The van der Waals surface area contributed by atoms with E-state index in [0.29, 0.717) is 21.0 Å². The standard InChI is InChI=1S/C23H27Cl2F2N3O4S/c1-14(22(32)28-23(2,3)4)29(12-15-6-7-16(24)10-18(15)25)21(31)13-30(35(5,33)34)17-8-9-19(26)20(27)11-17/h6-11,14H,12-13H2,1-5H3,(H,28,32)/t14-/m1/s1. The van der Waals surface area contributed by atoms with Crippen LogP contribution in [0, 0.1) is 11.6 Å². The molecule has 35 heavy (non-hydrogen) atoms. The summed E-state index contributed by atoms with van der Waals surface area (Å²) >= 11 is 12.2. The number of carbonyl (C=O) groups is 2. The van der Waals surface area contributed by atoms with Crippen LogP contribution in [0.25, 0.3) is 0 Å². The Morgan fingerprint density at radius 2 is 1.69 bits per heavy atom. The predicted octanol–water partition coefficient (Wildman–Crippen LogP) is 4.37. The van der Waals surface area contributed by atoms with Gasteiger partial charge in [0.25, 0.3) is 0 Å². The van der Waals surface area contributed by atoms with Crippen LogP contribution in [0.2, 0.25) is 10.0 Å². The Kier molecular flexibility index (Phi) is 9.13. The minimum Gasteiger partial charge on any atom is -0.350 e. The quantitative estimate of drug-likeness (QED) is 0.529. The van der Waals surface area contributed by atoms with Gasteiger partial charge in [-0.2, -0.15) is 0 Å². The molecule has 0 radical (unpaired) electrons. The first kappa shape index (κ1) is 28.8. The molecule has 0 saturated carbocycles. The summed E-state index contributed by atoms with van der Waals surface area (Å²) in [7, 11) is -4.08. The van der Waals surface area contributed by atoms with Crippen LogP contribution in [0.4, 0.5) is 14.5 Å². The molecule has 2 aromatic carbocycles. The van der Waals surface area contributed by atoms with E-state index in [2.05, 4.69) is 5.32 Å². The van der Waals surface area contributed by atoms with Gasteiger partial charge in [0.2, 0.25) is 21.8 Å². The average Bonchev–Trinajstić information content (AvgIpc) is 2.71. The van der Waals surface area contributed by atoms with E-state index >= 15 is 0 Å². The molecule has 0 bridgehead atoms. The number of halogens is 4. The normalized spacial score (nSPS) is 12.7. The van der Waals surface area contributed by atoms with E-state index in [1.807, 2.05) is 0 Å². The zero-order chi connectivity index (χ0) is 26.7. The maximum atomic E-state index is 13.8. The topological polar surface area (TPSA) is 86.8 Å². The van der Waals surface area contributed by atoms with Gasteiger partial charge >= 0.3 is 0 Å². The first-order valence-corrected chi connectivity index (χ1v) is 13.1. The van der Waals surface area contributed by atoms with Gasteiger partial charge in [-0.3, -0.25) is 13.9 Å². The Morgan fingerprint density at radius 1 is 1.06 bits per heavy atom. The van der Waals surface area contributed by atoms with Crippen molar-refractivity contribution in [3.63, 3.8) is 0 Å². The minimum absolute atomic E-state index is 0.136. The third-order valence-electron chi connectivity index (χ3n) is 4.89. The highest BCUT2D eigenvalue weighted by Crippen LogP contribution is 2.25. The lowest BCUT2D eigenvalue weighted by Crippen LogP contribution is -2.54. The number of carbonyl (C=O) groups excluding carboxylic acids is 2. The number of sulfonamides is 1. The molecule has 0 unspecified atom stereocenters. The van der Waals surface area contributed by atoms with E-state index in [0.717, 1.165) is 23.3 Å². The van der Waals surface area contributed by atoms with Crippen LogP contribution in [0.15, 0.2) is 36.4 Å². The summed E-state index contributed by atoms with van der Waals surface area (Å²) in [5.41, 5.74) is -0.364. The fourth-order valence-corrected chi connectivity index (χ4v) is 4.45. The van der Waals surface area contributed by atoms with Crippen molar-refractivity contribution in [2.45, 2.75) is 45.8 Å². The molecular formula is C23H27Cl2F2N3O4S. The molecule has 0 heterocycles. The third kappa shape index (κ3) is 8.05. The predicted molar refractivity (Wildman–Crippen MR) is 133 cm³/mol. The van der Waals surface area contributed by atoms with Crippen molar-refractivity contribution in [1.29, 1.82) is 0 Å². The van der Waals surface area contributed by atoms with Gasteiger partial charge in [0, 0.05) is 28.2 Å². The van der Waals surface area contributed by atoms with Gasteiger partial charge in [0.05, 0.1) is 11.9 Å². The van der Waals surface area contributed by atoms with Crippen molar-refractivity contribution in [2.75, 3.05) is 17.1 Å². The van der Waals surface area contributed by atoms with Gasteiger partial charge in [0.15, 0.2) is 11.6 Å². The maximum Gasteiger partial charge on any atom is 0.244 e. The molecule has 0 aliphatic rings. The number of nitrogens with one attached hydrogen (secondary N) is 1. The maximum absolute atomic E-state index is 13.8. The minimum atomic E-state index is -4.08. The van der Waals surface area contributed by atoms with Gasteiger partial charge in [-0.1, -0.05) is 29.3 Å². The summed E-state index contributed by atoms with van der Waals surface area (Å²) in [6, 6.07) is 6.09. The second kappa shape index (κ2) is 11.1. The number of benzene rings is 2. The molecule has 0 saturated heterocycles. The molecule has 2 amide bonds. The van der Waals surface area contributed by atoms with Crippen molar-refractivity contribution in [3.8, 4) is 0 Å². The first-order chi connectivity index (χ1) is 16.0. The second-order valence-electron chi connectivity index (χ2n) is 9.04. The highest BCUT2D eigenvalue weighted by molar-refractivity contribution is 7.92. The van der Waals surface area contributed by atoms with E-state index in [-0.39, 0.29) is 17.3 Å². The lowest BCUT2D eigenvalue weighted by Gasteiger charge is -2.33. The van der Waals surface area contributed by atoms with Crippen LogP contribution < -0.4 is 9.62 Å².